The van der Waals surface area contributed by atoms with Crippen LogP contribution in [0.4, 0.5) is 0 Å². The lowest BCUT2D eigenvalue weighted by atomic mass is 9.82. The molecule has 0 fully saturated rings. The van der Waals surface area contributed by atoms with Gasteiger partial charge in [-0.25, -0.2) is 9.97 Å². The van der Waals surface area contributed by atoms with Crippen molar-refractivity contribution in [3.05, 3.63) is 205 Å². The predicted molar refractivity (Wildman–Crippen MR) is 239 cm³/mol. The van der Waals surface area contributed by atoms with Gasteiger partial charge in [0.2, 0.25) is 0 Å². The average Bonchev–Trinajstić information content (AvgIpc) is 3.51. The Labute approximate surface area is 332 Å². The molecule has 2 heteroatoms. The highest BCUT2D eigenvalue weighted by atomic mass is 14.9. The van der Waals surface area contributed by atoms with Gasteiger partial charge < -0.3 is 0 Å². The van der Waals surface area contributed by atoms with E-state index in [1.807, 2.05) is 6.07 Å². The van der Waals surface area contributed by atoms with Crippen molar-refractivity contribution in [2.45, 2.75) is 19.3 Å². The van der Waals surface area contributed by atoms with Crippen LogP contribution in [0.2, 0.25) is 0 Å². The van der Waals surface area contributed by atoms with Crippen molar-refractivity contribution < 1.29 is 0 Å². The van der Waals surface area contributed by atoms with Crippen LogP contribution in [0, 0.1) is 0 Å². The molecule has 57 heavy (non-hydrogen) atoms. The largest absolute Gasteiger partial charge is 0.228 e. The first-order chi connectivity index (χ1) is 28.0. The second-order valence-corrected chi connectivity index (χ2v) is 15.7. The summed E-state index contributed by atoms with van der Waals surface area (Å²) < 4.78 is 0. The first-order valence-electron chi connectivity index (χ1n) is 19.7. The molecule has 1 heterocycles. The third kappa shape index (κ3) is 5.40. The monoisotopic (exact) mass is 726 g/mol. The number of fused-ring (bicyclic) bond motifs is 7. The molecule has 1 aromatic heterocycles. The molecule has 1 aliphatic rings. The maximum absolute atomic E-state index is 5.23. The van der Waals surface area contributed by atoms with Crippen LogP contribution in [0.25, 0.3) is 99.6 Å². The van der Waals surface area contributed by atoms with Crippen molar-refractivity contribution in [3.8, 4) is 67.3 Å². The number of rotatable bonds is 5. The molecule has 0 amide bonds. The summed E-state index contributed by atoms with van der Waals surface area (Å²) in [6.45, 7) is 4.67. The third-order valence-electron chi connectivity index (χ3n) is 12.1. The number of benzene rings is 9. The van der Waals surface area contributed by atoms with Gasteiger partial charge in [-0.3, -0.25) is 0 Å². The molecule has 0 radical (unpaired) electrons. The van der Waals surface area contributed by atoms with Crippen LogP contribution >= 0.6 is 0 Å². The van der Waals surface area contributed by atoms with Crippen LogP contribution in [0.15, 0.2) is 194 Å². The van der Waals surface area contributed by atoms with Gasteiger partial charge in [-0.1, -0.05) is 196 Å². The highest BCUT2D eigenvalue weighted by molar-refractivity contribution is 6.20. The van der Waals surface area contributed by atoms with Gasteiger partial charge in [0, 0.05) is 22.1 Å². The van der Waals surface area contributed by atoms with Crippen LogP contribution in [-0.2, 0) is 5.41 Å². The van der Waals surface area contributed by atoms with Crippen LogP contribution in [0.3, 0.4) is 0 Å². The Morgan fingerprint density at radius 2 is 0.912 bits per heavy atom. The van der Waals surface area contributed by atoms with E-state index < -0.39 is 0 Å². The Morgan fingerprint density at radius 1 is 0.333 bits per heavy atom. The van der Waals surface area contributed by atoms with Gasteiger partial charge in [0.15, 0.2) is 5.82 Å². The third-order valence-corrected chi connectivity index (χ3v) is 12.1. The quantitative estimate of drug-likeness (QED) is 0.130. The van der Waals surface area contributed by atoms with Gasteiger partial charge in [-0.15, -0.1) is 0 Å². The van der Waals surface area contributed by atoms with E-state index in [4.69, 9.17) is 9.97 Å². The molecular formula is C55H38N2. The van der Waals surface area contributed by atoms with Gasteiger partial charge in [-0.2, -0.15) is 0 Å². The van der Waals surface area contributed by atoms with Crippen LogP contribution in [0.5, 0.6) is 0 Å². The zero-order valence-corrected chi connectivity index (χ0v) is 31.9. The minimum atomic E-state index is -0.0388. The van der Waals surface area contributed by atoms with Crippen molar-refractivity contribution in [1.29, 1.82) is 0 Å². The van der Waals surface area contributed by atoms with Gasteiger partial charge in [0.05, 0.1) is 11.4 Å². The lowest BCUT2D eigenvalue weighted by molar-refractivity contribution is 0.660. The first-order valence-corrected chi connectivity index (χ1v) is 19.7. The van der Waals surface area contributed by atoms with Gasteiger partial charge >= 0.3 is 0 Å². The Kier molecular flexibility index (Phi) is 7.55. The van der Waals surface area contributed by atoms with Crippen LogP contribution < -0.4 is 0 Å². The van der Waals surface area contributed by atoms with E-state index in [1.165, 1.54) is 76.8 Å². The zero-order valence-electron chi connectivity index (χ0n) is 31.9. The lowest BCUT2D eigenvalue weighted by Crippen LogP contribution is -2.14. The molecule has 0 bridgehead atoms. The smallest absolute Gasteiger partial charge is 0.160 e. The highest BCUT2D eigenvalue weighted by Crippen LogP contribution is 2.52. The molecule has 1 aliphatic carbocycles. The number of hydrogen-bond acceptors (Lipinski definition) is 2. The molecule has 0 N–H and O–H groups in total. The Bertz CT molecular complexity index is 3180. The summed E-state index contributed by atoms with van der Waals surface area (Å²) in [6.07, 6.45) is 0. The van der Waals surface area contributed by atoms with E-state index >= 15 is 0 Å². The van der Waals surface area contributed by atoms with Gasteiger partial charge in [-0.05, 0) is 89.0 Å². The van der Waals surface area contributed by atoms with Crippen LogP contribution in [-0.4, -0.2) is 9.97 Å². The molecule has 10 aromatic rings. The fraction of sp³-hybridized carbons (Fsp3) is 0.0545. The summed E-state index contributed by atoms with van der Waals surface area (Å²) in [7, 11) is 0. The fourth-order valence-corrected chi connectivity index (χ4v) is 9.21. The van der Waals surface area contributed by atoms with Crippen molar-refractivity contribution in [3.63, 3.8) is 0 Å². The average molecular weight is 727 g/mol. The number of aromatic nitrogens is 2. The Hall–Kier alpha value is -7.16. The van der Waals surface area contributed by atoms with E-state index in [2.05, 4.69) is 202 Å². The fourth-order valence-electron chi connectivity index (χ4n) is 9.21. The maximum Gasteiger partial charge on any atom is 0.160 e. The minimum Gasteiger partial charge on any atom is -0.228 e. The van der Waals surface area contributed by atoms with E-state index in [0.717, 1.165) is 28.1 Å². The van der Waals surface area contributed by atoms with Crippen molar-refractivity contribution >= 4 is 32.3 Å². The summed E-state index contributed by atoms with van der Waals surface area (Å²) >= 11 is 0. The summed E-state index contributed by atoms with van der Waals surface area (Å²) in [5.74, 6) is 0.704. The second kappa shape index (κ2) is 13.0. The molecule has 2 nitrogen and oxygen atoms in total. The Balaban J connectivity index is 1.01. The molecule has 0 unspecified atom stereocenters. The van der Waals surface area contributed by atoms with Crippen molar-refractivity contribution in [2.75, 3.05) is 0 Å². The first kappa shape index (κ1) is 33.2. The van der Waals surface area contributed by atoms with E-state index in [1.54, 1.807) is 0 Å². The zero-order chi connectivity index (χ0) is 38.1. The molecule has 0 spiro atoms. The lowest BCUT2D eigenvalue weighted by Gasteiger charge is -2.21. The summed E-state index contributed by atoms with van der Waals surface area (Å²) in [6, 6.07) is 70.1. The summed E-state index contributed by atoms with van der Waals surface area (Å²) in [4.78, 5) is 10.4. The van der Waals surface area contributed by atoms with Gasteiger partial charge in [0.25, 0.3) is 0 Å². The van der Waals surface area contributed by atoms with E-state index in [-0.39, 0.29) is 5.41 Å². The molecule has 11 rings (SSSR count). The molecule has 268 valence electrons. The maximum atomic E-state index is 5.23. The molecular weight excluding hydrogens is 689 g/mol. The molecule has 0 saturated carbocycles. The summed E-state index contributed by atoms with van der Waals surface area (Å²) in [5, 5.41) is 7.52. The normalized spacial score (nSPS) is 12.9. The van der Waals surface area contributed by atoms with Gasteiger partial charge in [0.1, 0.15) is 0 Å². The SMILES string of the molecule is CC1(C)c2ccccc2-c2c(-c3ccc(-c4cc(-c5ccccc5)nc(-c5ccc(-c6c7ccccc7cc7c6ccc6ccccc67)cc5)n4)cc3)cccc21. The second-order valence-electron chi connectivity index (χ2n) is 15.7. The predicted octanol–water partition coefficient (Wildman–Crippen LogP) is 14.6. The minimum absolute atomic E-state index is 0.0388. The summed E-state index contributed by atoms with van der Waals surface area (Å²) in [5.41, 5.74) is 15.2. The number of hydrogen-bond donors (Lipinski definition) is 0. The van der Waals surface area contributed by atoms with Crippen molar-refractivity contribution in [2.24, 2.45) is 0 Å². The number of nitrogens with zero attached hydrogens (tertiary/aromatic N) is 2. The molecule has 9 aromatic carbocycles. The van der Waals surface area contributed by atoms with E-state index in [0.29, 0.717) is 5.82 Å². The topological polar surface area (TPSA) is 25.8 Å². The molecule has 0 aliphatic heterocycles. The standard InChI is InChI=1S/C55H38N2/c1-55(2)48-21-11-10-19-46(48)53-43(20-12-22-49(53)55)36-23-25-38(26-24-36)51-34-50(37-14-4-3-5-15-37)56-54(57-51)40-29-27-39(28-30-40)52-44-18-9-7-16-41(44)33-47-42-17-8-6-13-35(42)31-32-45(47)52/h3-34H,1-2H3. The van der Waals surface area contributed by atoms with Crippen LogP contribution in [0.1, 0.15) is 25.0 Å². The Morgan fingerprint density at radius 3 is 1.70 bits per heavy atom. The molecule has 0 atom stereocenters. The van der Waals surface area contributed by atoms with Crippen molar-refractivity contribution in [1.82, 2.24) is 9.97 Å². The highest BCUT2D eigenvalue weighted by Gasteiger charge is 2.36. The van der Waals surface area contributed by atoms with E-state index in [9.17, 15) is 0 Å². The molecule has 0 saturated heterocycles.